The van der Waals surface area contributed by atoms with Crippen LogP contribution in [-0.4, -0.2) is 18.5 Å². The van der Waals surface area contributed by atoms with Crippen LogP contribution in [-0.2, 0) is 9.53 Å². The van der Waals surface area contributed by atoms with E-state index in [0.717, 1.165) is 10.4 Å². The fourth-order valence-corrected chi connectivity index (χ4v) is 3.51. The number of carbonyl (C=O) groups is 2. The van der Waals surface area contributed by atoms with Gasteiger partial charge in [0.2, 0.25) is 0 Å². The van der Waals surface area contributed by atoms with Gasteiger partial charge in [-0.05, 0) is 35.2 Å². The third-order valence-electron chi connectivity index (χ3n) is 3.84. The van der Waals surface area contributed by atoms with Crippen LogP contribution in [0.15, 0.2) is 66.0 Å². The van der Waals surface area contributed by atoms with Gasteiger partial charge in [0.1, 0.15) is 0 Å². The molecule has 0 bridgehead atoms. The first-order valence-electron chi connectivity index (χ1n) is 8.14. The molecule has 27 heavy (non-hydrogen) atoms. The lowest BCUT2D eigenvalue weighted by atomic mass is 10.1. The molecule has 1 atom stereocenters. The zero-order valence-corrected chi connectivity index (χ0v) is 15.8. The molecule has 0 saturated carbocycles. The van der Waals surface area contributed by atoms with Crippen molar-refractivity contribution in [1.82, 2.24) is 5.32 Å². The number of nitrogens with two attached hydrogens (primary N) is 1. The van der Waals surface area contributed by atoms with E-state index in [1.54, 1.807) is 6.07 Å². The normalized spacial score (nSPS) is 11.6. The van der Waals surface area contributed by atoms with Crippen molar-refractivity contribution in [3.8, 4) is 0 Å². The fraction of sp³-hybridized carbons (Fsp3) is 0.100. The molecule has 1 amide bonds. The highest BCUT2D eigenvalue weighted by Gasteiger charge is 2.19. The summed E-state index contributed by atoms with van der Waals surface area (Å²) in [6.07, 6.45) is 0. The molecule has 3 rings (SSSR count). The Morgan fingerprint density at radius 3 is 2.59 bits per heavy atom. The van der Waals surface area contributed by atoms with E-state index >= 15 is 0 Å². The van der Waals surface area contributed by atoms with Crippen molar-refractivity contribution in [3.05, 3.63) is 87.1 Å². The highest BCUT2D eigenvalue weighted by molar-refractivity contribution is 7.10. The lowest BCUT2D eigenvalue weighted by Crippen LogP contribution is -2.32. The van der Waals surface area contributed by atoms with Crippen LogP contribution in [0.5, 0.6) is 0 Å². The standard InChI is InChI=1S/C20H17ClN2O3S/c21-14-8-9-16(22)15(11-14)20(25)26-12-18(24)23-19(17-7-4-10-27-17)13-5-2-1-3-6-13/h1-11,19H,12,22H2,(H,23,24)/t19-/m1/s1. The second-order valence-electron chi connectivity index (χ2n) is 5.73. The number of anilines is 1. The van der Waals surface area contributed by atoms with Crippen molar-refractivity contribution in [2.75, 3.05) is 12.3 Å². The fourth-order valence-electron chi connectivity index (χ4n) is 2.54. The number of amides is 1. The van der Waals surface area contributed by atoms with Gasteiger partial charge in [-0.3, -0.25) is 4.79 Å². The number of esters is 1. The van der Waals surface area contributed by atoms with Gasteiger partial charge in [0.25, 0.3) is 5.91 Å². The molecule has 0 spiro atoms. The first-order chi connectivity index (χ1) is 13.0. The van der Waals surface area contributed by atoms with Crippen LogP contribution in [0.3, 0.4) is 0 Å². The molecule has 2 aromatic carbocycles. The average Bonchev–Trinajstić information content (AvgIpc) is 3.21. The largest absolute Gasteiger partial charge is 0.452 e. The maximum atomic E-state index is 12.4. The van der Waals surface area contributed by atoms with Crippen molar-refractivity contribution < 1.29 is 14.3 Å². The number of nitrogens with one attached hydrogen (secondary N) is 1. The molecule has 7 heteroatoms. The SMILES string of the molecule is Nc1ccc(Cl)cc1C(=O)OCC(=O)N[C@H](c1ccccc1)c1cccs1. The van der Waals surface area contributed by atoms with E-state index in [-0.39, 0.29) is 17.3 Å². The van der Waals surface area contributed by atoms with Gasteiger partial charge in [0.05, 0.1) is 11.6 Å². The summed E-state index contributed by atoms with van der Waals surface area (Å²) >= 11 is 7.41. The minimum atomic E-state index is -0.697. The second-order valence-corrected chi connectivity index (χ2v) is 7.15. The van der Waals surface area contributed by atoms with Crippen molar-refractivity contribution in [2.24, 2.45) is 0 Å². The summed E-state index contributed by atoms with van der Waals surface area (Å²) in [5.74, 6) is -1.11. The number of thiophene rings is 1. The maximum Gasteiger partial charge on any atom is 0.340 e. The highest BCUT2D eigenvalue weighted by Crippen LogP contribution is 2.26. The van der Waals surface area contributed by atoms with E-state index in [2.05, 4.69) is 5.32 Å². The van der Waals surface area contributed by atoms with Crippen LogP contribution in [0.25, 0.3) is 0 Å². The van der Waals surface area contributed by atoms with E-state index in [0.29, 0.717) is 5.02 Å². The van der Waals surface area contributed by atoms with Crippen LogP contribution in [0.2, 0.25) is 5.02 Å². The van der Waals surface area contributed by atoms with Gasteiger partial charge in [-0.15, -0.1) is 11.3 Å². The Morgan fingerprint density at radius 1 is 1.11 bits per heavy atom. The molecule has 0 fully saturated rings. The Hall–Kier alpha value is -2.83. The van der Waals surface area contributed by atoms with Gasteiger partial charge in [-0.2, -0.15) is 0 Å². The molecule has 0 aliphatic heterocycles. The Morgan fingerprint density at radius 2 is 1.89 bits per heavy atom. The second kappa shape index (κ2) is 8.70. The molecule has 0 aliphatic carbocycles. The number of ether oxygens (including phenoxy) is 1. The summed E-state index contributed by atoms with van der Waals surface area (Å²) in [6, 6.07) is 17.6. The van der Waals surface area contributed by atoms with Crippen molar-refractivity contribution in [1.29, 1.82) is 0 Å². The quantitative estimate of drug-likeness (QED) is 0.483. The number of halogens is 1. The van der Waals surface area contributed by atoms with Gasteiger partial charge in [-0.1, -0.05) is 48.0 Å². The summed E-state index contributed by atoms with van der Waals surface area (Å²) in [5.41, 5.74) is 7.08. The summed E-state index contributed by atoms with van der Waals surface area (Å²) in [5, 5.41) is 5.21. The van der Waals surface area contributed by atoms with Gasteiger partial charge < -0.3 is 15.8 Å². The van der Waals surface area contributed by atoms with E-state index < -0.39 is 18.5 Å². The molecule has 138 valence electrons. The summed E-state index contributed by atoms with van der Waals surface area (Å²) in [6.45, 7) is -0.417. The predicted molar refractivity (Wildman–Crippen MR) is 107 cm³/mol. The number of carbonyl (C=O) groups excluding carboxylic acids is 2. The molecule has 0 unspecified atom stereocenters. The number of benzene rings is 2. The molecule has 0 saturated heterocycles. The lowest BCUT2D eigenvalue weighted by Gasteiger charge is -2.18. The Balaban J connectivity index is 1.66. The molecule has 1 aromatic heterocycles. The Labute approximate surface area is 165 Å². The van der Waals surface area contributed by atoms with Crippen molar-refractivity contribution in [3.63, 3.8) is 0 Å². The van der Waals surface area contributed by atoms with E-state index in [1.807, 2.05) is 47.8 Å². The lowest BCUT2D eigenvalue weighted by molar-refractivity contribution is -0.124. The Bertz CT molecular complexity index is 930. The molecule has 5 nitrogen and oxygen atoms in total. The monoisotopic (exact) mass is 400 g/mol. The number of rotatable bonds is 6. The molecule has 3 aromatic rings. The van der Waals surface area contributed by atoms with Gasteiger partial charge in [0.15, 0.2) is 6.61 Å². The van der Waals surface area contributed by atoms with Crippen LogP contribution in [0.1, 0.15) is 26.8 Å². The Kier molecular flexibility index (Phi) is 6.11. The number of hydrogen-bond donors (Lipinski definition) is 2. The summed E-state index contributed by atoms with van der Waals surface area (Å²) < 4.78 is 5.09. The first kappa shape index (κ1) is 18.9. The minimum absolute atomic E-state index is 0.133. The van der Waals surface area contributed by atoms with E-state index in [1.165, 1.54) is 23.5 Å². The third kappa shape index (κ3) is 4.87. The van der Waals surface area contributed by atoms with Crippen LogP contribution in [0.4, 0.5) is 5.69 Å². The average molecular weight is 401 g/mol. The summed E-state index contributed by atoms with van der Waals surface area (Å²) in [4.78, 5) is 25.5. The smallest absolute Gasteiger partial charge is 0.340 e. The molecular formula is C20H17ClN2O3S. The zero-order chi connectivity index (χ0) is 19.2. The van der Waals surface area contributed by atoms with Gasteiger partial charge >= 0.3 is 5.97 Å². The van der Waals surface area contributed by atoms with E-state index in [4.69, 9.17) is 22.1 Å². The zero-order valence-electron chi connectivity index (χ0n) is 14.2. The van der Waals surface area contributed by atoms with Gasteiger partial charge in [-0.25, -0.2) is 4.79 Å². The highest BCUT2D eigenvalue weighted by atomic mass is 35.5. The molecule has 0 radical (unpaired) electrons. The topological polar surface area (TPSA) is 81.4 Å². The van der Waals surface area contributed by atoms with Crippen molar-refractivity contribution >= 4 is 40.5 Å². The van der Waals surface area contributed by atoms with E-state index in [9.17, 15) is 9.59 Å². The van der Waals surface area contributed by atoms with Crippen LogP contribution in [0, 0.1) is 0 Å². The molecule has 0 aliphatic rings. The molecule has 3 N–H and O–H groups in total. The summed E-state index contributed by atoms with van der Waals surface area (Å²) in [7, 11) is 0. The minimum Gasteiger partial charge on any atom is -0.452 e. The number of nitrogen functional groups attached to an aromatic ring is 1. The third-order valence-corrected chi connectivity index (χ3v) is 5.01. The number of hydrogen-bond acceptors (Lipinski definition) is 5. The van der Waals surface area contributed by atoms with Gasteiger partial charge in [0, 0.05) is 15.6 Å². The van der Waals surface area contributed by atoms with Crippen LogP contribution < -0.4 is 11.1 Å². The molecule has 1 heterocycles. The first-order valence-corrected chi connectivity index (χ1v) is 9.40. The van der Waals surface area contributed by atoms with Crippen LogP contribution >= 0.6 is 22.9 Å². The van der Waals surface area contributed by atoms with Crippen molar-refractivity contribution in [2.45, 2.75) is 6.04 Å². The predicted octanol–water partition coefficient (Wildman–Crippen LogP) is 4.05. The molecular weight excluding hydrogens is 384 g/mol. The maximum absolute atomic E-state index is 12.4.